The molecule has 24 atom stereocenters. The third kappa shape index (κ3) is 10.8. The molecule has 0 N–H and O–H groups in total. The summed E-state index contributed by atoms with van der Waals surface area (Å²) in [5.74, 6) is 9.81. The van der Waals surface area contributed by atoms with E-state index in [1.54, 1.807) is 0 Å². The van der Waals surface area contributed by atoms with Crippen LogP contribution in [0.2, 0.25) is 0 Å². The quantitative estimate of drug-likeness (QED) is 0.247. The van der Waals surface area contributed by atoms with E-state index in [9.17, 15) is 0 Å². The SMILES string of the molecule is CC1C[C@@H](C(C)(C)C)C2OP(OCC3CCCC(COP4OC5C(C6C(C)C(C)C[C@@H](C(C)(C)C)C6O4)[C@H](C)[C@H](C)CC5C(C)(C)C)C3)OC3C(C2C1C)[C@H](C)[C@H](C)CC3C(C)(C)C. The van der Waals surface area contributed by atoms with Crippen LogP contribution in [0.1, 0.15) is 190 Å². The topological polar surface area (TPSA) is 55.4 Å². The van der Waals surface area contributed by atoms with Crippen LogP contribution in [0.25, 0.3) is 0 Å². The van der Waals surface area contributed by atoms with Crippen LogP contribution in [0, 0.1) is 128 Å². The molecule has 6 nitrogen and oxygen atoms in total. The summed E-state index contributed by atoms with van der Waals surface area (Å²) in [6, 6.07) is 0. The van der Waals surface area contributed by atoms with Crippen molar-refractivity contribution in [2.24, 2.45) is 128 Å². The fourth-order valence-corrected chi connectivity index (χ4v) is 18.6. The molecule has 0 radical (unpaired) electrons. The zero-order valence-corrected chi connectivity index (χ0v) is 46.9. The molecule has 7 rings (SSSR count). The highest BCUT2D eigenvalue weighted by Crippen LogP contribution is 2.66. The lowest BCUT2D eigenvalue weighted by atomic mass is 9.51. The number of fused-ring (bicyclic) bond motifs is 6. The van der Waals surface area contributed by atoms with Gasteiger partial charge in [-0.15, -0.1) is 0 Å². The first-order valence-electron chi connectivity index (χ1n) is 27.1. The highest BCUT2D eigenvalue weighted by atomic mass is 31.2. The van der Waals surface area contributed by atoms with Gasteiger partial charge in [-0.05, 0) is 173 Å². The fourth-order valence-electron chi connectivity index (χ4n) is 15.6. The number of hydrogen-bond acceptors (Lipinski definition) is 6. The van der Waals surface area contributed by atoms with Gasteiger partial charge in [0.2, 0.25) is 0 Å². The lowest BCUT2D eigenvalue weighted by molar-refractivity contribution is -0.123. The van der Waals surface area contributed by atoms with Gasteiger partial charge in [-0.25, -0.2) is 0 Å². The van der Waals surface area contributed by atoms with Crippen LogP contribution in [0.4, 0.5) is 0 Å². The molecule has 5 saturated carbocycles. The maximum atomic E-state index is 7.41. The van der Waals surface area contributed by atoms with E-state index in [-0.39, 0.29) is 46.1 Å². The second-order valence-electron chi connectivity index (χ2n) is 28.7. The molecule has 0 bridgehead atoms. The van der Waals surface area contributed by atoms with Gasteiger partial charge >= 0.3 is 17.2 Å². The zero-order valence-electron chi connectivity index (χ0n) is 45.1. The molecule has 18 unspecified atom stereocenters. The van der Waals surface area contributed by atoms with Gasteiger partial charge in [0.25, 0.3) is 0 Å². The van der Waals surface area contributed by atoms with Crippen LogP contribution in [-0.2, 0) is 27.1 Å². The molecule has 0 aromatic carbocycles. The molecule has 0 spiro atoms. The summed E-state index contributed by atoms with van der Waals surface area (Å²) in [6.07, 6.45) is 10.2. The van der Waals surface area contributed by atoms with Crippen molar-refractivity contribution in [1.29, 1.82) is 0 Å². The third-order valence-corrected chi connectivity index (χ3v) is 22.9. The lowest BCUT2D eigenvalue weighted by Gasteiger charge is -2.56. The van der Waals surface area contributed by atoms with Crippen molar-refractivity contribution < 1.29 is 27.1 Å². The highest BCUT2D eigenvalue weighted by molar-refractivity contribution is 7.42. The van der Waals surface area contributed by atoms with Gasteiger partial charge in [0, 0.05) is 0 Å². The maximum absolute atomic E-state index is 7.41. The van der Waals surface area contributed by atoms with Crippen LogP contribution in [-0.4, -0.2) is 37.6 Å². The van der Waals surface area contributed by atoms with E-state index in [0.29, 0.717) is 120 Å². The Labute approximate surface area is 398 Å². The van der Waals surface area contributed by atoms with Crippen LogP contribution in [0.5, 0.6) is 0 Å². The molecule has 64 heavy (non-hydrogen) atoms. The van der Waals surface area contributed by atoms with Crippen molar-refractivity contribution in [3.8, 4) is 0 Å². The largest absolute Gasteiger partial charge is 0.333 e. The van der Waals surface area contributed by atoms with Gasteiger partial charge in [0.05, 0.1) is 37.6 Å². The maximum Gasteiger partial charge on any atom is 0.333 e. The molecule has 2 heterocycles. The molecule has 0 aromatic rings. The Morgan fingerprint density at radius 2 is 0.609 bits per heavy atom. The normalized spacial score (nSPS) is 49.7. The van der Waals surface area contributed by atoms with Crippen molar-refractivity contribution in [2.45, 2.75) is 214 Å². The molecular formula is C56H102O6P2. The highest BCUT2D eigenvalue weighted by Gasteiger charge is 2.61. The van der Waals surface area contributed by atoms with Crippen molar-refractivity contribution in [1.82, 2.24) is 0 Å². The van der Waals surface area contributed by atoms with E-state index in [1.165, 1.54) is 44.9 Å². The fraction of sp³-hybridized carbons (Fsp3) is 1.00. The first-order chi connectivity index (χ1) is 29.6. The average molecular weight is 933 g/mol. The minimum absolute atomic E-state index is 0.151. The van der Waals surface area contributed by atoms with Crippen LogP contribution >= 0.6 is 17.2 Å². The van der Waals surface area contributed by atoms with E-state index < -0.39 is 17.2 Å². The Balaban J connectivity index is 1.08. The first-order valence-corrected chi connectivity index (χ1v) is 29.3. The molecule has 7 aliphatic rings. The second kappa shape index (κ2) is 19.7. The molecule has 7 fully saturated rings. The van der Waals surface area contributed by atoms with Crippen LogP contribution < -0.4 is 0 Å². The number of rotatable bonds is 6. The van der Waals surface area contributed by atoms with Crippen molar-refractivity contribution in [3.63, 3.8) is 0 Å². The molecule has 0 aromatic heterocycles. The van der Waals surface area contributed by atoms with E-state index in [2.05, 4.69) is 138 Å². The standard InChI is InChI=1S/C56H102O6P2/c1-31-24-41(53(9,10)11)49-45(35(31)5)46-36(6)32(2)25-42(54(12,13)14)50(46)60-63(59-49)57-29-39-22-21-23-40(28-39)30-58-64-61-51-43(55(15,16)17)26-33(3)37(7)47(51)48-38(8)34(4)27-44(52(48)62-64)56(18,19)20/h31-52H,21-30H2,1-20H3/t31-,32?,33-,34?,35-,36?,37-,38?,39?,40?,41?,42-,43?,44-,45?,46?,47?,48?,49?,50?,51?,52?,63?,64?/m1/s1. The molecule has 8 heteroatoms. The van der Waals surface area contributed by atoms with E-state index in [0.717, 1.165) is 6.42 Å². The van der Waals surface area contributed by atoms with E-state index in [4.69, 9.17) is 27.1 Å². The van der Waals surface area contributed by atoms with Gasteiger partial charge in [-0.2, -0.15) is 0 Å². The van der Waals surface area contributed by atoms with Gasteiger partial charge in [-0.3, -0.25) is 0 Å². The number of hydrogen-bond donors (Lipinski definition) is 0. The van der Waals surface area contributed by atoms with Gasteiger partial charge in [0.15, 0.2) is 0 Å². The Hall–Kier alpha value is 0.620. The van der Waals surface area contributed by atoms with Gasteiger partial charge in [0.1, 0.15) is 0 Å². The van der Waals surface area contributed by atoms with Crippen molar-refractivity contribution in [3.05, 3.63) is 0 Å². The molecule has 0 amide bonds. The Bertz CT molecular complexity index is 1320. The first kappa shape index (κ1) is 52.4. The monoisotopic (exact) mass is 933 g/mol. The molecule has 2 aliphatic heterocycles. The molecular weight excluding hydrogens is 831 g/mol. The Kier molecular flexibility index (Phi) is 16.1. The van der Waals surface area contributed by atoms with Gasteiger partial charge < -0.3 is 27.1 Å². The predicted octanol–water partition coefficient (Wildman–Crippen LogP) is 16.7. The van der Waals surface area contributed by atoms with Crippen molar-refractivity contribution >= 4 is 17.2 Å². The van der Waals surface area contributed by atoms with Crippen molar-refractivity contribution in [2.75, 3.05) is 13.2 Å². The smallest absolute Gasteiger partial charge is 0.312 e. The second-order valence-corrected chi connectivity index (χ2v) is 31.0. The summed E-state index contributed by atoms with van der Waals surface area (Å²) in [6.45, 7) is 51.0. The molecule has 2 saturated heterocycles. The van der Waals surface area contributed by atoms with Crippen LogP contribution in [0.3, 0.4) is 0 Å². The summed E-state index contributed by atoms with van der Waals surface area (Å²) >= 11 is 0. The zero-order chi connectivity index (χ0) is 47.2. The Morgan fingerprint density at radius 3 is 0.828 bits per heavy atom. The molecule has 372 valence electrons. The summed E-state index contributed by atoms with van der Waals surface area (Å²) < 4.78 is 43.8. The third-order valence-electron chi connectivity index (χ3n) is 20.5. The average Bonchev–Trinajstić information content (AvgIpc) is 3.46. The van der Waals surface area contributed by atoms with Crippen LogP contribution in [0.15, 0.2) is 0 Å². The summed E-state index contributed by atoms with van der Waals surface area (Å²) in [5, 5.41) is 0. The summed E-state index contributed by atoms with van der Waals surface area (Å²) in [7, 11) is -2.97. The Morgan fingerprint density at radius 1 is 0.375 bits per heavy atom. The predicted molar refractivity (Wildman–Crippen MR) is 268 cm³/mol. The molecule has 5 aliphatic carbocycles. The summed E-state index contributed by atoms with van der Waals surface area (Å²) in [4.78, 5) is 0. The lowest BCUT2D eigenvalue weighted by Crippen LogP contribution is -2.56. The minimum Gasteiger partial charge on any atom is -0.312 e. The van der Waals surface area contributed by atoms with E-state index >= 15 is 0 Å². The van der Waals surface area contributed by atoms with Gasteiger partial charge in [-0.1, -0.05) is 145 Å². The summed E-state index contributed by atoms with van der Waals surface area (Å²) in [5.41, 5.74) is 0.605. The van der Waals surface area contributed by atoms with E-state index in [1.807, 2.05) is 0 Å². The minimum atomic E-state index is -1.49.